The largest absolute Gasteiger partial charge is 0.484 e. The number of benzene rings is 2. The van der Waals surface area contributed by atoms with Crippen molar-refractivity contribution in [1.82, 2.24) is 10.2 Å². The summed E-state index contributed by atoms with van der Waals surface area (Å²) in [5.41, 5.74) is 2.54. The van der Waals surface area contributed by atoms with Crippen molar-refractivity contribution in [2.24, 2.45) is 0 Å². The van der Waals surface area contributed by atoms with E-state index in [1.54, 1.807) is 23.1 Å². The van der Waals surface area contributed by atoms with Gasteiger partial charge in [-0.2, -0.15) is 0 Å². The van der Waals surface area contributed by atoms with Crippen molar-refractivity contribution >= 4 is 35.0 Å². The summed E-state index contributed by atoms with van der Waals surface area (Å²) >= 11 is 12.6. The fourth-order valence-corrected chi connectivity index (χ4v) is 3.76. The average molecular weight is 479 g/mol. The number of carbonyl (C=O) groups is 2. The number of rotatable bonds is 11. The van der Waals surface area contributed by atoms with Crippen molar-refractivity contribution in [3.8, 4) is 5.75 Å². The summed E-state index contributed by atoms with van der Waals surface area (Å²) in [7, 11) is 0. The Bertz CT molecular complexity index is 910. The lowest BCUT2D eigenvalue weighted by molar-refractivity contribution is -0.143. The minimum atomic E-state index is -0.618. The van der Waals surface area contributed by atoms with Gasteiger partial charge in [0.05, 0.1) is 0 Å². The molecule has 0 saturated carbocycles. The predicted octanol–water partition coefficient (Wildman–Crippen LogP) is 5.71. The first-order valence-corrected chi connectivity index (χ1v) is 11.7. The molecule has 0 spiro atoms. The third-order valence-electron chi connectivity index (χ3n) is 5.29. The van der Waals surface area contributed by atoms with Gasteiger partial charge < -0.3 is 15.0 Å². The van der Waals surface area contributed by atoms with Crippen molar-refractivity contribution in [1.29, 1.82) is 0 Å². The molecular formula is C25H32Cl2N2O3. The number of halogens is 2. The monoisotopic (exact) mass is 478 g/mol. The second kappa shape index (κ2) is 12.7. The van der Waals surface area contributed by atoms with Crippen molar-refractivity contribution in [2.75, 3.05) is 13.2 Å². The van der Waals surface area contributed by atoms with E-state index in [1.165, 1.54) is 0 Å². The SMILES string of the molecule is CCCCNC(=O)[C@H](CC)N(Cc1ccccc1Cl)C(=O)COc1cc(C)c(Cl)c(C)c1. The minimum Gasteiger partial charge on any atom is -0.484 e. The van der Waals surface area contributed by atoms with Gasteiger partial charge in [0.25, 0.3) is 5.91 Å². The first kappa shape index (κ1) is 26.0. The fraction of sp³-hybridized carbons (Fsp3) is 0.440. The van der Waals surface area contributed by atoms with Crippen LogP contribution in [-0.2, 0) is 16.1 Å². The quantitative estimate of drug-likeness (QED) is 0.420. The molecule has 2 aromatic carbocycles. The second-order valence-electron chi connectivity index (χ2n) is 7.84. The third-order valence-corrected chi connectivity index (χ3v) is 6.25. The maximum Gasteiger partial charge on any atom is 0.261 e. The molecule has 0 aromatic heterocycles. The van der Waals surface area contributed by atoms with E-state index in [4.69, 9.17) is 27.9 Å². The van der Waals surface area contributed by atoms with Crippen LogP contribution in [0.15, 0.2) is 36.4 Å². The Balaban J connectivity index is 2.22. The molecule has 2 rings (SSSR count). The van der Waals surface area contributed by atoms with Crippen LogP contribution < -0.4 is 10.1 Å². The molecule has 0 heterocycles. The van der Waals surface area contributed by atoms with Crippen LogP contribution in [0.1, 0.15) is 49.8 Å². The smallest absolute Gasteiger partial charge is 0.261 e. The van der Waals surface area contributed by atoms with Crippen LogP contribution in [0.2, 0.25) is 10.0 Å². The molecule has 174 valence electrons. The number of amides is 2. The number of nitrogens with zero attached hydrogens (tertiary/aromatic N) is 1. The summed E-state index contributed by atoms with van der Waals surface area (Å²) in [5, 5.41) is 4.18. The highest BCUT2D eigenvalue weighted by Crippen LogP contribution is 2.26. The Kier molecular flexibility index (Phi) is 10.3. The second-order valence-corrected chi connectivity index (χ2v) is 8.63. The van der Waals surface area contributed by atoms with Crippen LogP contribution in [0.5, 0.6) is 5.75 Å². The predicted molar refractivity (Wildman–Crippen MR) is 130 cm³/mol. The molecule has 0 fully saturated rings. The van der Waals surface area contributed by atoms with E-state index in [9.17, 15) is 9.59 Å². The molecule has 0 aliphatic rings. The maximum absolute atomic E-state index is 13.3. The average Bonchev–Trinajstić information content (AvgIpc) is 2.77. The van der Waals surface area contributed by atoms with Gasteiger partial charge in [-0.1, -0.05) is 61.7 Å². The van der Waals surface area contributed by atoms with Crippen LogP contribution in [0.4, 0.5) is 0 Å². The Morgan fingerprint density at radius 3 is 2.34 bits per heavy atom. The van der Waals surface area contributed by atoms with E-state index < -0.39 is 6.04 Å². The zero-order chi connectivity index (χ0) is 23.7. The summed E-state index contributed by atoms with van der Waals surface area (Å²) < 4.78 is 5.79. The first-order chi connectivity index (χ1) is 15.3. The molecule has 5 nitrogen and oxygen atoms in total. The van der Waals surface area contributed by atoms with Gasteiger partial charge in [-0.15, -0.1) is 0 Å². The summed E-state index contributed by atoms with van der Waals surface area (Å²) in [6.45, 7) is 8.35. The number of ether oxygens (including phenoxy) is 1. The molecule has 0 aliphatic heterocycles. The molecule has 1 atom stereocenters. The fourth-order valence-electron chi connectivity index (χ4n) is 3.45. The van der Waals surface area contributed by atoms with Gasteiger partial charge in [0, 0.05) is 23.1 Å². The summed E-state index contributed by atoms with van der Waals surface area (Å²) in [6.07, 6.45) is 2.35. The molecule has 2 aromatic rings. The molecule has 0 unspecified atom stereocenters. The Morgan fingerprint density at radius 2 is 1.75 bits per heavy atom. The molecule has 0 radical (unpaired) electrons. The van der Waals surface area contributed by atoms with Crippen molar-refractivity contribution in [3.63, 3.8) is 0 Å². The molecule has 0 saturated heterocycles. The molecule has 2 amide bonds. The standard InChI is InChI=1S/C25H32Cl2N2O3/c1-5-7-12-28-25(31)22(6-2)29(15-19-10-8-9-11-21(19)26)23(30)16-32-20-13-17(3)24(27)18(4)14-20/h8-11,13-14,22H,5-7,12,15-16H2,1-4H3,(H,28,31)/t22-/m0/s1. The number of aryl methyl sites for hydroxylation is 2. The molecule has 0 aliphatic carbocycles. The van der Waals surface area contributed by atoms with E-state index in [2.05, 4.69) is 12.2 Å². The molecule has 7 heteroatoms. The normalized spacial score (nSPS) is 11.7. The first-order valence-electron chi connectivity index (χ1n) is 11.0. The summed E-state index contributed by atoms with van der Waals surface area (Å²) in [6, 6.07) is 10.3. The third kappa shape index (κ3) is 7.14. The zero-order valence-electron chi connectivity index (χ0n) is 19.2. The Labute approximate surface area is 201 Å². The van der Waals surface area contributed by atoms with Crippen LogP contribution >= 0.6 is 23.2 Å². The van der Waals surface area contributed by atoms with Crippen molar-refractivity contribution in [2.45, 2.75) is 59.5 Å². The maximum atomic E-state index is 13.3. The van der Waals surface area contributed by atoms with E-state index in [0.717, 1.165) is 29.5 Å². The van der Waals surface area contributed by atoms with E-state index in [-0.39, 0.29) is 25.0 Å². The lowest BCUT2D eigenvalue weighted by atomic mass is 10.1. The van der Waals surface area contributed by atoms with Crippen LogP contribution in [0, 0.1) is 13.8 Å². The van der Waals surface area contributed by atoms with Crippen LogP contribution in [-0.4, -0.2) is 35.9 Å². The van der Waals surface area contributed by atoms with Crippen LogP contribution in [0.25, 0.3) is 0 Å². The highest BCUT2D eigenvalue weighted by molar-refractivity contribution is 6.32. The van der Waals surface area contributed by atoms with Gasteiger partial charge in [-0.25, -0.2) is 0 Å². The number of hydrogen-bond acceptors (Lipinski definition) is 3. The van der Waals surface area contributed by atoms with Gasteiger partial charge in [-0.05, 0) is 61.6 Å². The number of nitrogens with one attached hydrogen (secondary N) is 1. The number of hydrogen-bond donors (Lipinski definition) is 1. The van der Waals surface area contributed by atoms with Gasteiger partial charge >= 0.3 is 0 Å². The van der Waals surface area contributed by atoms with Gasteiger partial charge in [0.2, 0.25) is 5.91 Å². The van der Waals surface area contributed by atoms with Gasteiger partial charge in [0.1, 0.15) is 11.8 Å². The van der Waals surface area contributed by atoms with Gasteiger partial charge in [-0.3, -0.25) is 9.59 Å². The van der Waals surface area contributed by atoms with E-state index in [0.29, 0.717) is 28.8 Å². The molecular weight excluding hydrogens is 447 g/mol. The van der Waals surface area contributed by atoms with E-state index >= 15 is 0 Å². The molecule has 32 heavy (non-hydrogen) atoms. The number of carbonyl (C=O) groups excluding carboxylic acids is 2. The topological polar surface area (TPSA) is 58.6 Å². The Hall–Kier alpha value is -2.24. The van der Waals surface area contributed by atoms with Crippen molar-refractivity contribution in [3.05, 3.63) is 63.1 Å². The summed E-state index contributed by atoms with van der Waals surface area (Å²) in [4.78, 5) is 27.7. The molecule has 0 bridgehead atoms. The lowest BCUT2D eigenvalue weighted by Crippen LogP contribution is -2.50. The molecule has 1 N–H and O–H groups in total. The number of unbranched alkanes of at least 4 members (excludes halogenated alkanes) is 1. The minimum absolute atomic E-state index is 0.167. The van der Waals surface area contributed by atoms with E-state index in [1.807, 2.05) is 39.0 Å². The lowest BCUT2D eigenvalue weighted by Gasteiger charge is -2.31. The van der Waals surface area contributed by atoms with Crippen LogP contribution in [0.3, 0.4) is 0 Å². The highest BCUT2D eigenvalue weighted by Gasteiger charge is 2.29. The van der Waals surface area contributed by atoms with Crippen molar-refractivity contribution < 1.29 is 14.3 Å². The Morgan fingerprint density at radius 1 is 1.09 bits per heavy atom. The highest BCUT2D eigenvalue weighted by atomic mass is 35.5. The summed E-state index contributed by atoms with van der Waals surface area (Å²) in [5.74, 6) is 0.114. The van der Waals surface area contributed by atoms with Gasteiger partial charge in [0.15, 0.2) is 6.61 Å². The zero-order valence-corrected chi connectivity index (χ0v) is 20.7.